The molecule has 1 aromatic carbocycles. The van der Waals surface area contributed by atoms with E-state index < -0.39 is 0 Å². The Morgan fingerprint density at radius 1 is 1.25 bits per heavy atom. The van der Waals surface area contributed by atoms with E-state index in [2.05, 4.69) is 40.5 Å². The summed E-state index contributed by atoms with van der Waals surface area (Å²) in [6, 6.07) is 4.23. The van der Waals surface area contributed by atoms with Crippen LogP contribution in [0.15, 0.2) is 12.1 Å². The number of hydrogen-bond acceptors (Lipinski definition) is 8. The Balaban J connectivity index is 1.66. The summed E-state index contributed by atoms with van der Waals surface area (Å²) in [6.45, 7) is 10.6. The van der Waals surface area contributed by atoms with Crippen LogP contribution in [0.25, 0.3) is 10.2 Å². The quantitative estimate of drug-likeness (QED) is 0.635. The number of aromatic nitrogens is 3. The molecule has 0 unspecified atom stereocenters. The Kier molecular flexibility index (Phi) is 5.68. The Bertz CT molecular complexity index is 994. The summed E-state index contributed by atoms with van der Waals surface area (Å²) in [5.74, 6) is -0.0748. The first-order valence-electron chi connectivity index (χ1n) is 9.31. The molecule has 148 valence electrons. The summed E-state index contributed by atoms with van der Waals surface area (Å²) in [7, 11) is 0. The van der Waals surface area contributed by atoms with Crippen molar-refractivity contribution in [2.75, 3.05) is 44.3 Å². The lowest BCUT2D eigenvalue weighted by Gasteiger charge is -2.29. The van der Waals surface area contributed by atoms with Crippen molar-refractivity contribution < 1.29 is 9.53 Å². The molecule has 0 atom stereocenters. The van der Waals surface area contributed by atoms with Crippen LogP contribution in [-0.4, -0.2) is 64.8 Å². The van der Waals surface area contributed by atoms with Gasteiger partial charge in [0.05, 0.1) is 29.1 Å². The molecule has 4 rings (SSSR count). The molecule has 0 spiro atoms. The van der Waals surface area contributed by atoms with Crippen LogP contribution in [0.2, 0.25) is 0 Å². The first kappa shape index (κ1) is 19.4. The SMILES string of the molecule is Cc1cc(C)c2sc(N(CCN3CCOCC3)C(=O)c3snnc3C)nc2c1. The monoisotopic (exact) mass is 417 g/mol. The predicted octanol–water partition coefficient (Wildman–Crippen LogP) is 3.05. The van der Waals surface area contributed by atoms with Crippen molar-refractivity contribution in [3.8, 4) is 0 Å². The van der Waals surface area contributed by atoms with E-state index in [1.165, 1.54) is 11.1 Å². The Morgan fingerprint density at radius 3 is 2.75 bits per heavy atom. The number of carbonyl (C=O) groups is 1. The molecule has 3 aromatic rings. The third-order valence-electron chi connectivity index (χ3n) is 4.87. The maximum absolute atomic E-state index is 13.3. The zero-order valence-electron chi connectivity index (χ0n) is 16.3. The van der Waals surface area contributed by atoms with Gasteiger partial charge >= 0.3 is 0 Å². The van der Waals surface area contributed by atoms with Gasteiger partial charge in [-0.3, -0.25) is 14.6 Å². The molecule has 0 radical (unpaired) electrons. The molecular formula is C19H23N5O2S2. The van der Waals surface area contributed by atoms with Crippen molar-refractivity contribution in [2.24, 2.45) is 0 Å². The summed E-state index contributed by atoms with van der Waals surface area (Å²) in [5, 5.41) is 4.74. The van der Waals surface area contributed by atoms with E-state index in [4.69, 9.17) is 9.72 Å². The number of thiazole rings is 1. The molecule has 28 heavy (non-hydrogen) atoms. The Morgan fingerprint density at radius 2 is 2.04 bits per heavy atom. The minimum Gasteiger partial charge on any atom is -0.379 e. The molecule has 0 aliphatic carbocycles. The predicted molar refractivity (Wildman–Crippen MR) is 113 cm³/mol. The second kappa shape index (κ2) is 8.20. The van der Waals surface area contributed by atoms with Gasteiger partial charge in [-0.1, -0.05) is 21.9 Å². The molecule has 1 fully saturated rings. The molecule has 1 amide bonds. The molecule has 1 saturated heterocycles. The zero-order valence-corrected chi connectivity index (χ0v) is 17.9. The lowest BCUT2D eigenvalue weighted by molar-refractivity contribution is 0.0391. The average molecular weight is 418 g/mol. The van der Waals surface area contributed by atoms with Crippen LogP contribution in [0.3, 0.4) is 0 Å². The fraction of sp³-hybridized carbons (Fsp3) is 0.474. The number of ether oxygens (including phenoxy) is 1. The highest BCUT2D eigenvalue weighted by Gasteiger charge is 2.26. The number of benzene rings is 1. The van der Waals surface area contributed by atoms with Crippen molar-refractivity contribution in [2.45, 2.75) is 20.8 Å². The molecule has 1 aliphatic rings. The molecule has 0 bridgehead atoms. The van der Waals surface area contributed by atoms with Crippen LogP contribution in [0.4, 0.5) is 5.13 Å². The highest BCUT2D eigenvalue weighted by Crippen LogP contribution is 2.33. The van der Waals surface area contributed by atoms with E-state index >= 15 is 0 Å². The number of morpholine rings is 1. The lowest BCUT2D eigenvalue weighted by Crippen LogP contribution is -2.43. The van der Waals surface area contributed by atoms with E-state index in [1.807, 2.05) is 6.92 Å². The third kappa shape index (κ3) is 3.93. The van der Waals surface area contributed by atoms with Gasteiger partial charge in [0.1, 0.15) is 4.88 Å². The lowest BCUT2D eigenvalue weighted by atomic mass is 10.1. The number of carbonyl (C=O) groups excluding carboxylic acids is 1. The van der Waals surface area contributed by atoms with E-state index in [1.54, 1.807) is 16.2 Å². The van der Waals surface area contributed by atoms with E-state index in [0.29, 0.717) is 17.1 Å². The second-order valence-electron chi connectivity index (χ2n) is 7.02. The van der Waals surface area contributed by atoms with Crippen LogP contribution in [-0.2, 0) is 4.74 Å². The number of nitrogens with zero attached hydrogens (tertiary/aromatic N) is 5. The normalized spacial score (nSPS) is 15.2. The van der Waals surface area contributed by atoms with Crippen molar-refractivity contribution in [3.63, 3.8) is 0 Å². The third-order valence-corrected chi connectivity index (χ3v) is 6.92. The molecule has 7 nitrogen and oxygen atoms in total. The summed E-state index contributed by atoms with van der Waals surface area (Å²) < 4.78 is 10.5. The van der Waals surface area contributed by atoms with Gasteiger partial charge in [0, 0.05) is 26.2 Å². The van der Waals surface area contributed by atoms with Gasteiger partial charge in [0.25, 0.3) is 5.91 Å². The van der Waals surface area contributed by atoms with E-state index in [0.717, 1.165) is 59.7 Å². The van der Waals surface area contributed by atoms with Crippen molar-refractivity contribution in [1.29, 1.82) is 0 Å². The van der Waals surface area contributed by atoms with Crippen molar-refractivity contribution in [1.82, 2.24) is 19.5 Å². The highest BCUT2D eigenvalue weighted by molar-refractivity contribution is 7.22. The average Bonchev–Trinajstić information content (AvgIpc) is 3.29. The topological polar surface area (TPSA) is 71.5 Å². The number of hydrogen-bond donors (Lipinski definition) is 0. The number of amides is 1. The summed E-state index contributed by atoms with van der Waals surface area (Å²) >= 11 is 2.72. The summed E-state index contributed by atoms with van der Waals surface area (Å²) in [4.78, 5) is 22.8. The van der Waals surface area contributed by atoms with E-state index in [9.17, 15) is 4.79 Å². The van der Waals surface area contributed by atoms with Crippen LogP contribution in [0.5, 0.6) is 0 Å². The van der Waals surface area contributed by atoms with Crippen LogP contribution in [0.1, 0.15) is 26.5 Å². The minimum absolute atomic E-state index is 0.0748. The smallest absolute Gasteiger partial charge is 0.273 e. The molecular weight excluding hydrogens is 394 g/mol. The largest absolute Gasteiger partial charge is 0.379 e. The Hall–Kier alpha value is -1.94. The number of anilines is 1. The van der Waals surface area contributed by atoms with Crippen molar-refractivity contribution >= 4 is 44.1 Å². The van der Waals surface area contributed by atoms with Crippen LogP contribution >= 0.6 is 22.9 Å². The summed E-state index contributed by atoms with van der Waals surface area (Å²) in [5.41, 5.74) is 3.98. The van der Waals surface area contributed by atoms with Gasteiger partial charge in [0.2, 0.25) is 0 Å². The van der Waals surface area contributed by atoms with Gasteiger partial charge in [-0.15, -0.1) is 5.10 Å². The molecule has 9 heteroatoms. The van der Waals surface area contributed by atoms with Gasteiger partial charge in [-0.2, -0.15) is 0 Å². The second-order valence-corrected chi connectivity index (χ2v) is 8.76. The fourth-order valence-corrected chi connectivity index (χ4v) is 5.03. The van der Waals surface area contributed by atoms with Gasteiger partial charge < -0.3 is 4.74 Å². The number of rotatable bonds is 5. The molecule has 0 saturated carbocycles. The van der Waals surface area contributed by atoms with Crippen molar-refractivity contribution in [3.05, 3.63) is 33.8 Å². The van der Waals surface area contributed by atoms with Crippen LogP contribution in [0, 0.1) is 20.8 Å². The van der Waals surface area contributed by atoms with E-state index in [-0.39, 0.29) is 5.91 Å². The minimum atomic E-state index is -0.0748. The standard InChI is InChI=1S/C19H23N5O2S2/c1-12-10-13(2)16-15(11-12)20-19(27-16)24(5-4-23-6-8-26-9-7-23)18(25)17-14(3)21-22-28-17/h10-11H,4-9H2,1-3H3. The number of fused-ring (bicyclic) bond motifs is 1. The maximum atomic E-state index is 13.3. The fourth-order valence-electron chi connectivity index (χ4n) is 3.38. The van der Waals surface area contributed by atoms with Gasteiger partial charge in [-0.05, 0) is 49.5 Å². The molecule has 1 aliphatic heterocycles. The molecule has 2 aromatic heterocycles. The zero-order chi connectivity index (χ0) is 19.7. The maximum Gasteiger partial charge on any atom is 0.273 e. The number of aryl methyl sites for hydroxylation is 3. The molecule has 3 heterocycles. The van der Waals surface area contributed by atoms with Crippen LogP contribution < -0.4 is 4.90 Å². The van der Waals surface area contributed by atoms with Gasteiger partial charge in [-0.25, -0.2) is 4.98 Å². The Labute approximate surface area is 172 Å². The highest BCUT2D eigenvalue weighted by atomic mass is 32.1. The first-order chi connectivity index (χ1) is 13.5. The summed E-state index contributed by atoms with van der Waals surface area (Å²) in [6.07, 6.45) is 0. The first-order valence-corrected chi connectivity index (χ1v) is 10.9. The molecule has 0 N–H and O–H groups in total. The van der Waals surface area contributed by atoms with Gasteiger partial charge in [0.15, 0.2) is 5.13 Å².